The number of nitrogens with zero attached hydrogens (tertiary/aromatic N) is 5. The van der Waals surface area contributed by atoms with Gasteiger partial charge in [-0.2, -0.15) is 0 Å². The lowest BCUT2D eigenvalue weighted by Gasteiger charge is -2.38. The van der Waals surface area contributed by atoms with Gasteiger partial charge in [-0.25, -0.2) is 13.5 Å². The molecule has 1 saturated heterocycles. The van der Waals surface area contributed by atoms with Crippen LogP contribution >= 0.6 is 27.7 Å². The molecular formula is C25H19BrF2N6O3S. The van der Waals surface area contributed by atoms with Crippen LogP contribution in [0.5, 0.6) is 0 Å². The Bertz CT molecular complexity index is 1550. The van der Waals surface area contributed by atoms with Crippen molar-refractivity contribution in [3.63, 3.8) is 0 Å². The summed E-state index contributed by atoms with van der Waals surface area (Å²) in [6.45, 7) is 0.580. The zero-order chi connectivity index (χ0) is 27.0. The molecule has 1 aliphatic heterocycles. The molecule has 0 atom stereocenters. The summed E-state index contributed by atoms with van der Waals surface area (Å²) in [6, 6.07) is 14.9. The van der Waals surface area contributed by atoms with Crippen LogP contribution in [-0.2, 0) is 5.75 Å². The van der Waals surface area contributed by atoms with Crippen LogP contribution in [0.4, 0.5) is 20.2 Å². The van der Waals surface area contributed by atoms with Gasteiger partial charge in [0.1, 0.15) is 11.5 Å². The van der Waals surface area contributed by atoms with Crippen molar-refractivity contribution in [1.29, 1.82) is 0 Å². The van der Waals surface area contributed by atoms with E-state index in [4.69, 9.17) is 5.73 Å². The first-order chi connectivity index (χ1) is 18.2. The van der Waals surface area contributed by atoms with Gasteiger partial charge in [0.2, 0.25) is 0 Å². The molecule has 2 heterocycles. The zero-order valence-corrected chi connectivity index (χ0v) is 22.0. The van der Waals surface area contributed by atoms with Gasteiger partial charge in [-0.1, -0.05) is 35.5 Å². The third kappa shape index (κ3) is 4.98. The molecule has 1 aliphatic rings. The van der Waals surface area contributed by atoms with Gasteiger partial charge in [0, 0.05) is 36.0 Å². The smallest absolute Gasteiger partial charge is 0.283 e. The first-order valence-corrected chi connectivity index (χ1v) is 13.1. The molecule has 5 rings (SSSR count). The van der Waals surface area contributed by atoms with Gasteiger partial charge in [0.15, 0.2) is 5.82 Å². The Labute approximate surface area is 227 Å². The average Bonchev–Trinajstić information content (AvgIpc) is 3.37. The Morgan fingerprint density at radius 2 is 1.92 bits per heavy atom. The molecule has 0 spiro atoms. The van der Waals surface area contributed by atoms with Crippen molar-refractivity contribution < 1.29 is 18.5 Å². The number of hydrogen-bond acceptors (Lipinski definition) is 7. The molecule has 0 aliphatic carbocycles. The van der Waals surface area contributed by atoms with Crippen LogP contribution in [-0.4, -0.2) is 43.8 Å². The predicted molar refractivity (Wildman–Crippen MR) is 142 cm³/mol. The number of nitrogens with two attached hydrogens (primary N) is 1. The van der Waals surface area contributed by atoms with E-state index in [2.05, 4.69) is 26.2 Å². The highest BCUT2D eigenvalue weighted by atomic mass is 79.9. The van der Waals surface area contributed by atoms with Crippen molar-refractivity contribution in [3.05, 3.63) is 98.1 Å². The van der Waals surface area contributed by atoms with Gasteiger partial charge < -0.3 is 10.6 Å². The molecule has 0 saturated carbocycles. The molecule has 0 bridgehead atoms. The van der Waals surface area contributed by atoms with Crippen molar-refractivity contribution in [3.8, 4) is 11.3 Å². The summed E-state index contributed by atoms with van der Waals surface area (Å²) >= 11 is 4.15. The molecule has 3 aromatic carbocycles. The molecule has 13 heteroatoms. The van der Waals surface area contributed by atoms with Crippen molar-refractivity contribution in [2.24, 2.45) is 0 Å². The van der Waals surface area contributed by atoms with Crippen LogP contribution in [0.15, 0.2) is 70.2 Å². The standard InChI is InChI=1S/C25H19BrF2N6O3S/c26-22-18(27)9-17(24(29)23(22)28)19-12-33(31-30-19)16-10-32(11-16)25(35)15-6-7-21(20(8-15)34(36)37)38-13-14-4-2-1-3-5-14/h1-9,12,16H,10-11,13,29H2. The second kappa shape index (κ2) is 10.5. The van der Waals surface area contributed by atoms with E-state index in [-0.39, 0.29) is 44.6 Å². The number of amides is 1. The van der Waals surface area contributed by atoms with Crippen LogP contribution in [0.1, 0.15) is 22.0 Å². The summed E-state index contributed by atoms with van der Waals surface area (Å²) in [6.07, 6.45) is 1.51. The molecule has 194 valence electrons. The van der Waals surface area contributed by atoms with Gasteiger partial charge in [0.25, 0.3) is 11.6 Å². The normalized spacial score (nSPS) is 13.4. The maximum absolute atomic E-state index is 14.2. The van der Waals surface area contributed by atoms with Crippen molar-refractivity contribution in [2.45, 2.75) is 16.7 Å². The van der Waals surface area contributed by atoms with Crippen LogP contribution in [0.25, 0.3) is 11.3 Å². The van der Waals surface area contributed by atoms with E-state index in [0.29, 0.717) is 23.7 Å². The second-order valence-electron chi connectivity index (χ2n) is 8.61. The molecule has 1 fully saturated rings. The van der Waals surface area contributed by atoms with Crippen LogP contribution in [0, 0.1) is 21.7 Å². The lowest BCUT2D eigenvalue weighted by atomic mass is 10.1. The van der Waals surface area contributed by atoms with Crippen LogP contribution in [0.3, 0.4) is 0 Å². The van der Waals surface area contributed by atoms with E-state index in [0.717, 1.165) is 11.6 Å². The number of benzene rings is 3. The van der Waals surface area contributed by atoms with E-state index in [1.807, 2.05) is 30.3 Å². The summed E-state index contributed by atoms with van der Waals surface area (Å²) in [5.74, 6) is -1.52. The molecule has 0 radical (unpaired) electrons. The number of anilines is 1. The van der Waals surface area contributed by atoms with Gasteiger partial charge in [-0.15, -0.1) is 16.9 Å². The highest BCUT2D eigenvalue weighted by Crippen LogP contribution is 2.35. The van der Waals surface area contributed by atoms with Gasteiger partial charge in [0.05, 0.1) is 32.2 Å². The molecule has 4 aromatic rings. The number of aromatic nitrogens is 3. The molecule has 1 aromatic heterocycles. The molecule has 0 unspecified atom stereocenters. The largest absolute Gasteiger partial charge is 0.396 e. The fourth-order valence-electron chi connectivity index (χ4n) is 4.02. The molecular weight excluding hydrogens is 582 g/mol. The number of nitro benzene ring substituents is 1. The van der Waals surface area contributed by atoms with E-state index >= 15 is 0 Å². The number of carbonyl (C=O) groups excluding carboxylic acids is 1. The minimum Gasteiger partial charge on any atom is -0.396 e. The number of nitrogen functional groups attached to an aromatic ring is 1. The fraction of sp³-hybridized carbons (Fsp3) is 0.160. The number of likely N-dealkylation sites (tertiary alicyclic amines) is 1. The number of nitro groups is 1. The van der Waals surface area contributed by atoms with Gasteiger partial charge in [-0.05, 0) is 39.7 Å². The van der Waals surface area contributed by atoms with Crippen molar-refractivity contribution in [2.75, 3.05) is 18.8 Å². The first kappa shape index (κ1) is 25.8. The number of halogens is 3. The van der Waals surface area contributed by atoms with Crippen molar-refractivity contribution >= 4 is 45.0 Å². The monoisotopic (exact) mass is 600 g/mol. The Kier molecular flexibility index (Phi) is 7.13. The number of rotatable bonds is 7. The summed E-state index contributed by atoms with van der Waals surface area (Å²) in [5, 5.41) is 19.7. The Hall–Kier alpha value is -3.84. The van der Waals surface area contributed by atoms with Crippen LogP contribution < -0.4 is 5.73 Å². The summed E-state index contributed by atoms with van der Waals surface area (Å²) in [4.78, 5) is 26.2. The third-order valence-electron chi connectivity index (χ3n) is 6.15. The number of carbonyl (C=O) groups is 1. The molecule has 9 nitrogen and oxygen atoms in total. The lowest BCUT2D eigenvalue weighted by Crippen LogP contribution is -2.50. The summed E-state index contributed by atoms with van der Waals surface area (Å²) in [5.41, 5.74) is 6.91. The average molecular weight is 601 g/mol. The summed E-state index contributed by atoms with van der Waals surface area (Å²) < 4.78 is 29.3. The maximum atomic E-state index is 14.2. The van der Waals surface area contributed by atoms with Crippen LogP contribution in [0.2, 0.25) is 0 Å². The van der Waals surface area contributed by atoms with E-state index < -0.39 is 16.6 Å². The number of hydrogen-bond donors (Lipinski definition) is 1. The Morgan fingerprint density at radius 3 is 2.63 bits per heavy atom. The summed E-state index contributed by atoms with van der Waals surface area (Å²) in [7, 11) is 0. The maximum Gasteiger partial charge on any atom is 0.283 e. The topological polar surface area (TPSA) is 120 Å². The third-order valence-corrected chi connectivity index (χ3v) is 8.01. The minimum absolute atomic E-state index is 0.0687. The van der Waals surface area contributed by atoms with E-state index in [9.17, 15) is 23.7 Å². The quantitative estimate of drug-likeness (QED) is 0.0982. The molecule has 1 amide bonds. The zero-order valence-electron chi connectivity index (χ0n) is 19.6. The number of thioether (sulfide) groups is 1. The Balaban J connectivity index is 1.26. The SMILES string of the molecule is Nc1c(-c2cn(C3CN(C(=O)c4ccc(SCc5ccccc5)c([N+](=O)[O-])c4)C3)nn2)cc(F)c(Br)c1F. The van der Waals surface area contributed by atoms with Crippen molar-refractivity contribution in [1.82, 2.24) is 19.9 Å². The highest BCUT2D eigenvalue weighted by Gasteiger charge is 2.34. The van der Waals surface area contributed by atoms with E-state index in [1.165, 1.54) is 33.6 Å². The highest BCUT2D eigenvalue weighted by molar-refractivity contribution is 9.10. The lowest BCUT2D eigenvalue weighted by molar-refractivity contribution is -0.387. The second-order valence-corrected chi connectivity index (χ2v) is 10.4. The van der Waals surface area contributed by atoms with E-state index in [1.54, 1.807) is 12.1 Å². The van der Waals surface area contributed by atoms with Gasteiger partial charge >= 0.3 is 0 Å². The molecule has 38 heavy (non-hydrogen) atoms. The predicted octanol–water partition coefficient (Wildman–Crippen LogP) is 5.47. The molecule has 2 N–H and O–H groups in total. The van der Waals surface area contributed by atoms with Gasteiger partial charge in [-0.3, -0.25) is 14.9 Å². The first-order valence-electron chi connectivity index (χ1n) is 11.3. The Morgan fingerprint density at radius 1 is 1.18 bits per heavy atom. The fourth-order valence-corrected chi connectivity index (χ4v) is 5.31. The minimum atomic E-state index is -0.923.